The van der Waals surface area contributed by atoms with Gasteiger partial charge in [-0.2, -0.15) is 0 Å². The van der Waals surface area contributed by atoms with Gasteiger partial charge in [-0.1, -0.05) is 19.8 Å². The van der Waals surface area contributed by atoms with E-state index in [1.54, 1.807) is 0 Å². The number of piperidine rings is 1. The Kier molecular flexibility index (Phi) is 5.08. The summed E-state index contributed by atoms with van der Waals surface area (Å²) in [6.07, 6.45) is 6.29. The summed E-state index contributed by atoms with van der Waals surface area (Å²) < 4.78 is 0. The zero-order chi connectivity index (χ0) is 14.8. The van der Waals surface area contributed by atoms with E-state index in [0.717, 1.165) is 57.7 Å². The van der Waals surface area contributed by atoms with Crippen molar-refractivity contribution < 1.29 is 4.79 Å². The van der Waals surface area contributed by atoms with Gasteiger partial charge >= 0.3 is 0 Å². The molecule has 4 heteroatoms. The topological polar surface area (TPSA) is 49.6 Å². The maximum absolute atomic E-state index is 12.7. The predicted octanol–water partition coefficient (Wildman–Crippen LogP) is 1.69. The number of nitrogens with zero attached hydrogens (tertiary/aromatic N) is 2. The first-order valence-electron chi connectivity index (χ1n) is 8.14. The number of carbonyl (C=O) groups is 1. The third kappa shape index (κ3) is 3.73. The molecule has 2 N–H and O–H groups in total. The average molecular weight is 281 g/mol. The van der Waals surface area contributed by atoms with E-state index in [1.165, 1.54) is 6.42 Å². The summed E-state index contributed by atoms with van der Waals surface area (Å²) in [6, 6.07) is 0. The molecule has 1 amide bonds. The molecule has 0 spiro atoms. The van der Waals surface area contributed by atoms with E-state index in [4.69, 9.17) is 5.73 Å². The summed E-state index contributed by atoms with van der Waals surface area (Å²) in [5, 5.41) is 0. The van der Waals surface area contributed by atoms with E-state index in [-0.39, 0.29) is 5.91 Å². The summed E-state index contributed by atoms with van der Waals surface area (Å²) in [5.41, 5.74) is 5.86. The molecule has 0 bridgehead atoms. The van der Waals surface area contributed by atoms with E-state index in [1.807, 2.05) is 4.90 Å². The highest BCUT2D eigenvalue weighted by Gasteiger charge is 2.41. The Morgan fingerprint density at radius 3 is 2.50 bits per heavy atom. The van der Waals surface area contributed by atoms with Crippen LogP contribution in [0, 0.1) is 11.8 Å². The Balaban J connectivity index is 1.88. The van der Waals surface area contributed by atoms with E-state index >= 15 is 0 Å². The molecule has 1 heterocycles. The van der Waals surface area contributed by atoms with Crippen molar-refractivity contribution in [2.75, 3.05) is 33.7 Å². The van der Waals surface area contributed by atoms with Gasteiger partial charge < -0.3 is 15.5 Å². The molecule has 2 aliphatic rings. The van der Waals surface area contributed by atoms with Gasteiger partial charge in [0.15, 0.2) is 0 Å². The molecule has 1 saturated carbocycles. The zero-order valence-corrected chi connectivity index (χ0v) is 13.4. The van der Waals surface area contributed by atoms with E-state index in [0.29, 0.717) is 5.92 Å². The minimum Gasteiger partial charge on any atom is -0.341 e. The number of likely N-dealkylation sites (tertiary alicyclic amines) is 1. The standard InChI is InChI=1S/C16H31N3O/c1-13-5-4-8-16(17,11-13)15(20)19-9-6-14(7-10-19)12-18(2)3/h13-14H,4-12,17H2,1-3H3. The normalized spacial score (nSPS) is 32.6. The molecule has 116 valence electrons. The Morgan fingerprint density at radius 1 is 1.30 bits per heavy atom. The fourth-order valence-electron chi connectivity index (χ4n) is 3.94. The number of amides is 1. The number of hydrogen-bond acceptors (Lipinski definition) is 3. The van der Waals surface area contributed by atoms with E-state index in [9.17, 15) is 4.79 Å². The van der Waals surface area contributed by atoms with Crippen molar-refractivity contribution >= 4 is 5.91 Å². The van der Waals surface area contributed by atoms with Crippen molar-refractivity contribution in [3.63, 3.8) is 0 Å². The molecule has 0 aromatic heterocycles. The fraction of sp³-hybridized carbons (Fsp3) is 0.938. The average Bonchev–Trinajstić information content (AvgIpc) is 2.38. The first-order valence-corrected chi connectivity index (χ1v) is 8.14. The lowest BCUT2D eigenvalue weighted by molar-refractivity contribution is -0.140. The van der Waals surface area contributed by atoms with Crippen molar-refractivity contribution in [2.24, 2.45) is 17.6 Å². The number of hydrogen-bond donors (Lipinski definition) is 1. The van der Waals surface area contributed by atoms with Crippen molar-refractivity contribution in [1.29, 1.82) is 0 Å². The van der Waals surface area contributed by atoms with Gasteiger partial charge in [0.1, 0.15) is 0 Å². The minimum absolute atomic E-state index is 0.215. The second kappa shape index (κ2) is 6.44. The Labute approximate surface area is 123 Å². The van der Waals surface area contributed by atoms with Crippen LogP contribution in [0.25, 0.3) is 0 Å². The van der Waals surface area contributed by atoms with E-state index < -0.39 is 5.54 Å². The van der Waals surface area contributed by atoms with Crippen LogP contribution >= 0.6 is 0 Å². The lowest BCUT2D eigenvalue weighted by Gasteiger charge is -2.41. The van der Waals surface area contributed by atoms with Crippen molar-refractivity contribution in [3.8, 4) is 0 Å². The van der Waals surface area contributed by atoms with Crippen LogP contribution in [0.1, 0.15) is 45.4 Å². The lowest BCUT2D eigenvalue weighted by atomic mass is 9.76. The second-order valence-corrected chi connectivity index (χ2v) is 7.36. The van der Waals surface area contributed by atoms with Gasteiger partial charge in [0.05, 0.1) is 5.54 Å². The highest BCUT2D eigenvalue weighted by Crippen LogP contribution is 2.32. The monoisotopic (exact) mass is 281 g/mol. The quantitative estimate of drug-likeness (QED) is 0.856. The van der Waals surface area contributed by atoms with Crippen LogP contribution < -0.4 is 5.73 Å². The van der Waals surface area contributed by atoms with Gasteiger partial charge in [0, 0.05) is 19.6 Å². The van der Waals surface area contributed by atoms with Crippen molar-refractivity contribution in [2.45, 2.75) is 51.0 Å². The van der Waals surface area contributed by atoms with Crippen molar-refractivity contribution in [1.82, 2.24) is 9.80 Å². The third-order valence-electron chi connectivity index (χ3n) is 4.98. The molecule has 0 aromatic carbocycles. The maximum Gasteiger partial charge on any atom is 0.242 e. The summed E-state index contributed by atoms with van der Waals surface area (Å²) >= 11 is 0. The molecule has 1 aliphatic heterocycles. The van der Waals surface area contributed by atoms with Crippen LogP contribution in [0.3, 0.4) is 0 Å². The number of nitrogens with two attached hydrogens (primary N) is 1. The number of carbonyl (C=O) groups excluding carboxylic acids is 1. The SMILES string of the molecule is CC1CCCC(N)(C(=O)N2CCC(CN(C)C)CC2)C1. The van der Waals surface area contributed by atoms with Gasteiger partial charge in [-0.25, -0.2) is 0 Å². The molecular formula is C16H31N3O. The van der Waals surface area contributed by atoms with Crippen LogP contribution in [-0.2, 0) is 4.79 Å². The third-order valence-corrected chi connectivity index (χ3v) is 4.98. The van der Waals surface area contributed by atoms with Gasteiger partial charge in [-0.3, -0.25) is 4.79 Å². The molecule has 4 nitrogen and oxygen atoms in total. The first kappa shape index (κ1) is 15.8. The summed E-state index contributed by atoms with van der Waals surface area (Å²) in [5.74, 6) is 1.53. The zero-order valence-electron chi connectivity index (χ0n) is 13.4. The Morgan fingerprint density at radius 2 is 1.95 bits per heavy atom. The van der Waals surface area contributed by atoms with Crippen molar-refractivity contribution in [3.05, 3.63) is 0 Å². The molecular weight excluding hydrogens is 250 g/mol. The fourth-order valence-corrected chi connectivity index (χ4v) is 3.94. The Hall–Kier alpha value is -0.610. The second-order valence-electron chi connectivity index (χ2n) is 7.36. The van der Waals surface area contributed by atoms with Crippen LogP contribution in [-0.4, -0.2) is 55.0 Å². The molecule has 2 atom stereocenters. The van der Waals surface area contributed by atoms with E-state index in [2.05, 4.69) is 25.9 Å². The summed E-state index contributed by atoms with van der Waals surface area (Å²) in [7, 11) is 4.24. The molecule has 2 fully saturated rings. The van der Waals surface area contributed by atoms with Crippen LogP contribution in [0.4, 0.5) is 0 Å². The highest BCUT2D eigenvalue weighted by molar-refractivity contribution is 5.86. The predicted molar refractivity (Wildman–Crippen MR) is 82.4 cm³/mol. The smallest absolute Gasteiger partial charge is 0.242 e. The van der Waals surface area contributed by atoms with Gasteiger partial charge in [-0.05, 0) is 51.6 Å². The Bertz CT molecular complexity index is 337. The number of rotatable bonds is 3. The maximum atomic E-state index is 12.7. The molecule has 2 unspecified atom stereocenters. The van der Waals surface area contributed by atoms with Crippen LogP contribution in [0.15, 0.2) is 0 Å². The van der Waals surface area contributed by atoms with Gasteiger partial charge in [0.2, 0.25) is 5.91 Å². The lowest BCUT2D eigenvalue weighted by Crippen LogP contribution is -2.58. The molecule has 0 radical (unpaired) electrons. The minimum atomic E-state index is -0.577. The highest BCUT2D eigenvalue weighted by atomic mass is 16.2. The largest absolute Gasteiger partial charge is 0.341 e. The molecule has 1 saturated heterocycles. The summed E-state index contributed by atoms with van der Waals surface area (Å²) in [4.78, 5) is 17.0. The first-order chi connectivity index (χ1) is 9.40. The van der Waals surface area contributed by atoms with Gasteiger partial charge in [0.25, 0.3) is 0 Å². The summed E-state index contributed by atoms with van der Waals surface area (Å²) in [6.45, 7) is 5.14. The molecule has 0 aromatic rings. The van der Waals surface area contributed by atoms with Crippen LogP contribution in [0.2, 0.25) is 0 Å². The molecule has 2 rings (SSSR count). The molecule has 20 heavy (non-hydrogen) atoms. The van der Waals surface area contributed by atoms with Crippen LogP contribution in [0.5, 0.6) is 0 Å². The van der Waals surface area contributed by atoms with Gasteiger partial charge in [-0.15, -0.1) is 0 Å². The molecule has 1 aliphatic carbocycles.